The zero-order valence-electron chi connectivity index (χ0n) is 20.3. The molecule has 7 heteroatoms. The van der Waals surface area contributed by atoms with E-state index >= 15 is 0 Å². The number of ether oxygens (including phenoxy) is 1. The maximum absolute atomic E-state index is 13.7. The number of hydrogen-bond acceptors (Lipinski definition) is 4. The number of para-hydroxylation sites is 1. The summed E-state index contributed by atoms with van der Waals surface area (Å²) < 4.78 is 7.54. The highest BCUT2D eigenvalue weighted by atomic mass is 16.5. The Morgan fingerprint density at radius 3 is 2.71 bits per heavy atom. The highest BCUT2D eigenvalue weighted by Crippen LogP contribution is 2.33. The number of hydrogen-bond donors (Lipinski definition) is 2. The molecule has 2 aromatic rings. The highest BCUT2D eigenvalue weighted by Gasteiger charge is 2.38. The van der Waals surface area contributed by atoms with E-state index in [4.69, 9.17) is 4.74 Å². The van der Waals surface area contributed by atoms with Crippen LogP contribution >= 0.6 is 0 Å². The van der Waals surface area contributed by atoms with Crippen LogP contribution in [0.1, 0.15) is 50.5 Å². The van der Waals surface area contributed by atoms with Crippen molar-refractivity contribution in [2.24, 2.45) is 11.8 Å². The highest BCUT2D eigenvalue weighted by molar-refractivity contribution is 5.85. The maximum Gasteiger partial charge on any atom is 0.227 e. The molecule has 34 heavy (non-hydrogen) atoms. The minimum absolute atomic E-state index is 0.0413. The number of aromatic nitrogens is 1. The zero-order valence-corrected chi connectivity index (χ0v) is 20.3. The van der Waals surface area contributed by atoms with Crippen LogP contribution in [0.3, 0.4) is 0 Å². The van der Waals surface area contributed by atoms with E-state index in [-0.39, 0.29) is 29.7 Å². The number of amides is 2. The van der Waals surface area contributed by atoms with Crippen molar-refractivity contribution < 1.29 is 14.3 Å². The minimum Gasteiger partial charge on any atom is -0.385 e. The summed E-state index contributed by atoms with van der Waals surface area (Å²) in [5.41, 5.74) is 2.43. The molecule has 0 radical (unpaired) electrons. The van der Waals surface area contributed by atoms with Gasteiger partial charge in [-0.25, -0.2) is 0 Å². The molecule has 1 aliphatic heterocycles. The number of nitrogens with zero attached hydrogens (tertiary/aromatic N) is 2. The van der Waals surface area contributed by atoms with E-state index in [0.717, 1.165) is 64.6 Å². The Bertz CT molecular complexity index is 1010. The van der Waals surface area contributed by atoms with Gasteiger partial charge in [0.1, 0.15) is 0 Å². The predicted octanol–water partition coefficient (Wildman–Crippen LogP) is 3.06. The van der Waals surface area contributed by atoms with Crippen molar-refractivity contribution in [2.45, 2.75) is 70.1 Å². The largest absolute Gasteiger partial charge is 0.385 e. The van der Waals surface area contributed by atoms with Crippen LogP contribution in [0.2, 0.25) is 0 Å². The van der Waals surface area contributed by atoms with Crippen LogP contribution in [0.15, 0.2) is 30.5 Å². The third-order valence-corrected chi connectivity index (χ3v) is 7.75. The lowest BCUT2D eigenvalue weighted by molar-refractivity contribution is -0.138. The van der Waals surface area contributed by atoms with Crippen molar-refractivity contribution in [1.82, 2.24) is 20.1 Å². The van der Waals surface area contributed by atoms with Gasteiger partial charge in [0.05, 0.1) is 5.92 Å². The van der Waals surface area contributed by atoms with Crippen LogP contribution in [0.25, 0.3) is 10.9 Å². The lowest BCUT2D eigenvalue weighted by Crippen LogP contribution is -2.54. The van der Waals surface area contributed by atoms with E-state index in [1.165, 1.54) is 16.5 Å². The fourth-order valence-corrected chi connectivity index (χ4v) is 5.43. The second-order valence-corrected chi connectivity index (χ2v) is 10.3. The lowest BCUT2D eigenvalue weighted by atomic mass is 9.84. The topological polar surface area (TPSA) is 75.6 Å². The molecule has 0 bridgehead atoms. The van der Waals surface area contributed by atoms with Crippen LogP contribution in [0.4, 0.5) is 0 Å². The van der Waals surface area contributed by atoms with Crippen molar-refractivity contribution in [3.8, 4) is 0 Å². The summed E-state index contributed by atoms with van der Waals surface area (Å²) in [6.45, 7) is 3.73. The van der Waals surface area contributed by atoms with Gasteiger partial charge < -0.3 is 24.8 Å². The first-order chi connectivity index (χ1) is 16.6. The molecule has 0 spiro atoms. The molecule has 2 amide bonds. The van der Waals surface area contributed by atoms with E-state index in [1.807, 2.05) is 0 Å². The first-order valence-corrected chi connectivity index (χ1v) is 13.0. The van der Waals surface area contributed by atoms with Crippen LogP contribution in [-0.4, -0.2) is 60.2 Å². The average Bonchev–Trinajstić information content (AvgIpc) is 3.59. The molecule has 0 unspecified atom stereocenters. The molecule has 1 aromatic carbocycles. The van der Waals surface area contributed by atoms with E-state index in [0.29, 0.717) is 19.1 Å². The van der Waals surface area contributed by atoms with Crippen LogP contribution in [0.5, 0.6) is 0 Å². The van der Waals surface area contributed by atoms with E-state index in [2.05, 4.69) is 50.6 Å². The SMILES string of the molecule is COCCCn1cc(CN(C(=O)[C@@H]2CNC[C@H](NC(=O)C3CCC3)C2)C2CC2)c2ccccc21. The summed E-state index contributed by atoms with van der Waals surface area (Å²) in [5.74, 6) is 0.497. The van der Waals surface area contributed by atoms with Gasteiger partial charge in [-0.1, -0.05) is 24.6 Å². The zero-order chi connectivity index (χ0) is 23.5. The smallest absolute Gasteiger partial charge is 0.227 e. The number of rotatable bonds is 10. The third-order valence-electron chi connectivity index (χ3n) is 7.75. The Hall–Kier alpha value is -2.38. The van der Waals surface area contributed by atoms with Gasteiger partial charge in [-0.3, -0.25) is 9.59 Å². The van der Waals surface area contributed by atoms with Gasteiger partial charge in [-0.2, -0.15) is 0 Å². The monoisotopic (exact) mass is 466 g/mol. The second kappa shape index (κ2) is 10.5. The van der Waals surface area contributed by atoms with Gasteiger partial charge in [0.2, 0.25) is 11.8 Å². The number of piperidine rings is 1. The van der Waals surface area contributed by atoms with Crippen molar-refractivity contribution in [2.75, 3.05) is 26.8 Å². The van der Waals surface area contributed by atoms with Gasteiger partial charge >= 0.3 is 0 Å². The molecule has 3 fully saturated rings. The summed E-state index contributed by atoms with van der Waals surface area (Å²) in [5, 5.41) is 7.84. The van der Waals surface area contributed by atoms with Crippen molar-refractivity contribution in [1.29, 1.82) is 0 Å². The summed E-state index contributed by atoms with van der Waals surface area (Å²) in [4.78, 5) is 28.3. The number of aryl methyl sites for hydroxylation is 1. The van der Waals surface area contributed by atoms with Crippen LogP contribution in [-0.2, 0) is 27.4 Å². The Morgan fingerprint density at radius 1 is 1.15 bits per heavy atom. The molecule has 5 rings (SSSR count). The number of benzene rings is 1. The van der Waals surface area contributed by atoms with Crippen molar-refractivity contribution >= 4 is 22.7 Å². The number of carbonyl (C=O) groups excluding carboxylic acids is 2. The molecule has 3 aliphatic rings. The normalized spacial score (nSPS) is 23.0. The quantitative estimate of drug-likeness (QED) is 0.528. The van der Waals surface area contributed by atoms with Gasteiger partial charge in [-0.05, 0) is 50.2 Å². The van der Waals surface area contributed by atoms with Crippen molar-refractivity contribution in [3.05, 3.63) is 36.0 Å². The molecule has 1 aromatic heterocycles. The third kappa shape index (κ3) is 5.15. The molecule has 2 atom stereocenters. The molecular weight excluding hydrogens is 428 g/mol. The summed E-state index contributed by atoms with van der Waals surface area (Å²) in [6, 6.07) is 8.87. The Kier molecular flexibility index (Phi) is 7.21. The van der Waals surface area contributed by atoms with Gasteiger partial charge in [0.15, 0.2) is 0 Å². The van der Waals surface area contributed by atoms with E-state index < -0.39 is 0 Å². The Labute approximate surface area is 202 Å². The summed E-state index contributed by atoms with van der Waals surface area (Å²) in [7, 11) is 1.74. The van der Waals surface area contributed by atoms with Gasteiger partial charge in [0, 0.05) is 75.0 Å². The molecule has 2 aliphatic carbocycles. The average molecular weight is 467 g/mol. The number of fused-ring (bicyclic) bond motifs is 1. The number of carbonyl (C=O) groups is 2. The molecule has 2 saturated carbocycles. The maximum atomic E-state index is 13.7. The van der Waals surface area contributed by atoms with Crippen molar-refractivity contribution in [3.63, 3.8) is 0 Å². The fourth-order valence-electron chi connectivity index (χ4n) is 5.43. The number of nitrogens with one attached hydrogen (secondary N) is 2. The fraction of sp³-hybridized carbons (Fsp3) is 0.630. The minimum atomic E-state index is -0.0870. The van der Waals surface area contributed by atoms with Crippen LogP contribution in [0, 0.1) is 11.8 Å². The Balaban J connectivity index is 1.28. The first-order valence-electron chi connectivity index (χ1n) is 13.0. The molecule has 1 saturated heterocycles. The van der Waals surface area contributed by atoms with E-state index in [1.54, 1.807) is 7.11 Å². The molecule has 2 N–H and O–H groups in total. The summed E-state index contributed by atoms with van der Waals surface area (Å²) >= 11 is 0. The molecule has 7 nitrogen and oxygen atoms in total. The predicted molar refractivity (Wildman–Crippen MR) is 132 cm³/mol. The first kappa shape index (κ1) is 23.4. The number of methoxy groups -OCH3 is 1. The van der Waals surface area contributed by atoms with Gasteiger partial charge in [0.25, 0.3) is 0 Å². The molecule has 184 valence electrons. The lowest BCUT2D eigenvalue weighted by Gasteiger charge is -2.35. The standard InChI is InChI=1S/C27H38N4O3/c1-34-13-5-12-30-17-21(24-8-2-3-9-25(24)30)18-31(23-10-11-23)27(33)20-14-22(16-28-15-20)29-26(32)19-6-4-7-19/h2-3,8-9,17,19-20,22-23,28H,4-7,10-16,18H2,1H3,(H,29,32)/t20-,22+/m0/s1. The van der Waals surface area contributed by atoms with E-state index in [9.17, 15) is 9.59 Å². The molecular formula is C27H38N4O3. The van der Waals surface area contributed by atoms with Crippen LogP contribution < -0.4 is 10.6 Å². The van der Waals surface area contributed by atoms with Gasteiger partial charge in [-0.15, -0.1) is 0 Å². The summed E-state index contributed by atoms with van der Waals surface area (Å²) in [6.07, 6.45) is 9.24. The molecule has 2 heterocycles. The second-order valence-electron chi connectivity index (χ2n) is 10.3. The Morgan fingerprint density at radius 2 is 1.97 bits per heavy atom.